The fourth-order valence-corrected chi connectivity index (χ4v) is 1.32. The maximum atomic E-state index is 5.46. The van der Waals surface area contributed by atoms with Crippen LogP contribution in [-0.2, 0) is 4.74 Å². The van der Waals surface area contributed by atoms with Crippen LogP contribution in [0.1, 0.15) is 19.3 Å². The largest absolute Gasteiger partial charge is 0.374 e. The number of hydrogen-bond donors (Lipinski definition) is 0. The highest BCUT2D eigenvalue weighted by atomic mass is 16.5. The van der Waals surface area contributed by atoms with E-state index in [1.807, 2.05) is 12.2 Å². The quantitative estimate of drug-likeness (QED) is 0.541. The maximum absolute atomic E-state index is 5.46. The van der Waals surface area contributed by atoms with Gasteiger partial charge in [0.25, 0.3) is 0 Å². The summed E-state index contributed by atoms with van der Waals surface area (Å²) in [4.78, 5) is 0. The van der Waals surface area contributed by atoms with Crippen LogP contribution in [0.2, 0.25) is 0 Å². The van der Waals surface area contributed by atoms with Gasteiger partial charge in [-0.05, 0) is 12.8 Å². The monoisotopic (exact) mass is 138 g/mol. The van der Waals surface area contributed by atoms with Crippen LogP contribution < -0.4 is 0 Å². The molecule has 56 valence electrons. The van der Waals surface area contributed by atoms with Crippen molar-refractivity contribution < 1.29 is 4.74 Å². The molecule has 0 atom stereocenters. The molecule has 0 spiro atoms. The summed E-state index contributed by atoms with van der Waals surface area (Å²) in [5, 5.41) is 0. The van der Waals surface area contributed by atoms with Crippen molar-refractivity contribution in [2.75, 3.05) is 6.61 Å². The van der Waals surface area contributed by atoms with E-state index in [4.69, 9.17) is 4.74 Å². The van der Waals surface area contributed by atoms with Crippen molar-refractivity contribution in [1.29, 1.82) is 0 Å². The molecule has 0 saturated carbocycles. The zero-order valence-electron chi connectivity index (χ0n) is 6.31. The molecule has 1 rings (SSSR count). The van der Waals surface area contributed by atoms with Crippen molar-refractivity contribution in [2.45, 2.75) is 24.9 Å². The van der Waals surface area contributed by atoms with Crippen LogP contribution in [0, 0.1) is 0 Å². The van der Waals surface area contributed by atoms with Gasteiger partial charge in [0, 0.05) is 6.42 Å². The Hall–Kier alpha value is -0.560. The second-order valence-corrected chi connectivity index (χ2v) is 2.77. The topological polar surface area (TPSA) is 9.23 Å². The van der Waals surface area contributed by atoms with Crippen LogP contribution >= 0.6 is 0 Å². The lowest BCUT2D eigenvalue weighted by molar-refractivity contribution is -0.142. The fraction of sp³-hybridized carbons (Fsp3) is 0.556. The highest BCUT2D eigenvalue weighted by Crippen LogP contribution is 2.33. The lowest BCUT2D eigenvalue weighted by Crippen LogP contribution is -2.42. The Morgan fingerprint density at radius 3 is 2.00 bits per heavy atom. The number of hydrogen-bond acceptors (Lipinski definition) is 1. The van der Waals surface area contributed by atoms with Gasteiger partial charge in [-0.1, -0.05) is 12.2 Å². The van der Waals surface area contributed by atoms with Crippen molar-refractivity contribution in [3.63, 3.8) is 0 Å². The van der Waals surface area contributed by atoms with Crippen molar-refractivity contribution in [3.8, 4) is 0 Å². The summed E-state index contributed by atoms with van der Waals surface area (Å²) in [5.41, 5.74) is 0.0868. The molecule has 1 fully saturated rings. The first-order chi connectivity index (χ1) is 4.83. The third kappa shape index (κ3) is 1.29. The van der Waals surface area contributed by atoms with Crippen LogP contribution in [0.5, 0.6) is 0 Å². The molecule has 1 nitrogen and oxygen atoms in total. The predicted molar refractivity (Wildman–Crippen MR) is 42.9 cm³/mol. The lowest BCUT2D eigenvalue weighted by atomic mass is 9.88. The summed E-state index contributed by atoms with van der Waals surface area (Å²) >= 11 is 0. The van der Waals surface area contributed by atoms with Crippen molar-refractivity contribution >= 4 is 0 Å². The minimum absolute atomic E-state index is 0.0868. The molecule has 0 radical (unpaired) electrons. The Bertz CT molecular complexity index is 122. The van der Waals surface area contributed by atoms with Gasteiger partial charge in [-0.25, -0.2) is 0 Å². The van der Waals surface area contributed by atoms with Gasteiger partial charge in [-0.2, -0.15) is 0 Å². The molecule has 10 heavy (non-hydrogen) atoms. The second kappa shape index (κ2) is 3.02. The summed E-state index contributed by atoms with van der Waals surface area (Å²) in [6.07, 6.45) is 6.91. The molecule has 0 aromatic rings. The maximum Gasteiger partial charge on any atom is 0.0772 e. The molecule has 0 unspecified atom stereocenters. The van der Waals surface area contributed by atoms with Gasteiger partial charge in [0.05, 0.1) is 12.2 Å². The van der Waals surface area contributed by atoms with Gasteiger partial charge in [-0.15, -0.1) is 13.2 Å². The molecule has 0 N–H and O–H groups in total. The van der Waals surface area contributed by atoms with E-state index in [-0.39, 0.29) is 5.60 Å². The molecule has 0 bridgehead atoms. The molecule has 0 amide bonds. The average molecular weight is 138 g/mol. The second-order valence-electron chi connectivity index (χ2n) is 2.77. The SMILES string of the molecule is C=CCC1(CC=C)CCO1. The highest BCUT2D eigenvalue weighted by molar-refractivity contribution is 4.97. The van der Waals surface area contributed by atoms with Gasteiger partial charge >= 0.3 is 0 Å². The van der Waals surface area contributed by atoms with Crippen LogP contribution in [-0.4, -0.2) is 12.2 Å². The van der Waals surface area contributed by atoms with E-state index >= 15 is 0 Å². The van der Waals surface area contributed by atoms with Gasteiger partial charge < -0.3 is 4.74 Å². The van der Waals surface area contributed by atoms with Gasteiger partial charge in [0.1, 0.15) is 0 Å². The summed E-state index contributed by atoms with van der Waals surface area (Å²) < 4.78 is 5.46. The molecule has 0 aliphatic carbocycles. The van der Waals surface area contributed by atoms with Gasteiger partial charge in [0.2, 0.25) is 0 Å². The molecule has 0 aromatic carbocycles. The Morgan fingerprint density at radius 1 is 1.30 bits per heavy atom. The van der Waals surface area contributed by atoms with Crippen LogP contribution in [0.4, 0.5) is 0 Å². The Morgan fingerprint density at radius 2 is 1.80 bits per heavy atom. The Balaban J connectivity index is 2.41. The lowest BCUT2D eigenvalue weighted by Gasteiger charge is -2.40. The highest BCUT2D eigenvalue weighted by Gasteiger charge is 2.35. The minimum atomic E-state index is 0.0868. The molecule has 1 heteroatoms. The van der Waals surface area contributed by atoms with E-state index in [1.54, 1.807) is 0 Å². The smallest absolute Gasteiger partial charge is 0.0772 e. The van der Waals surface area contributed by atoms with E-state index in [2.05, 4.69) is 13.2 Å². The first-order valence-corrected chi connectivity index (χ1v) is 3.69. The molecule has 1 heterocycles. The summed E-state index contributed by atoms with van der Waals surface area (Å²) in [6, 6.07) is 0. The Kier molecular flexibility index (Phi) is 2.28. The zero-order valence-corrected chi connectivity index (χ0v) is 6.31. The standard InChI is InChI=1S/C9H14O/c1-3-5-9(6-4-2)7-8-10-9/h3-4H,1-2,5-8H2. The molecule has 1 saturated heterocycles. The van der Waals surface area contributed by atoms with E-state index in [9.17, 15) is 0 Å². The van der Waals surface area contributed by atoms with Crippen LogP contribution in [0.15, 0.2) is 25.3 Å². The molecular weight excluding hydrogens is 124 g/mol. The average Bonchev–Trinajstić information content (AvgIpc) is 1.84. The van der Waals surface area contributed by atoms with Crippen molar-refractivity contribution in [1.82, 2.24) is 0 Å². The number of rotatable bonds is 4. The van der Waals surface area contributed by atoms with Gasteiger partial charge in [0.15, 0.2) is 0 Å². The van der Waals surface area contributed by atoms with Crippen molar-refractivity contribution in [2.24, 2.45) is 0 Å². The Labute approximate surface area is 62.4 Å². The van der Waals surface area contributed by atoms with E-state index in [0.29, 0.717) is 0 Å². The number of ether oxygens (including phenoxy) is 1. The normalized spacial score (nSPS) is 21.2. The molecular formula is C9H14O. The third-order valence-corrected chi connectivity index (χ3v) is 2.00. The minimum Gasteiger partial charge on any atom is -0.374 e. The van der Waals surface area contributed by atoms with E-state index in [0.717, 1.165) is 25.9 Å². The molecule has 0 aromatic heterocycles. The molecule has 1 aliphatic heterocycles. The predicted octanol–water partition coefficient (Wildman–Crippen LogP) is 2.30. The van der Waals surface area contributed by atoms with Gasteiger partial charge in [-0.3, -0.25) is 0 Å². The molecule has 1 aliphatic rings. The fourth-order valence-electron chi connectivity index (χ4n) is 1.32. The third-order valence-electron chi connectivity index (χ3n) is 2.00. The zero-order chi connectivity index (χ0) is 7.45. The summed E-state index contributed by atoms with van der Waals surface area (Å²) in [6.45, 7) is 8.30. The van der Waals surface area contributed by atoms with E-state index in [1.165, 1.54) is 0 Å². The van der Waals surface area contributed by atoms with Crippen LogP contribution in [0.3, 0.4) is 0 Å². The first kappa shape index (κ1) is 7.55. The van der Waals surface area contributed by atoms with E-state index < -0.39 is 0 Å². The summed E-state index contributed by atoms with van der Waals surface area (Å²) in [5.74, 6) is 0. The van der Waals surface area contributed by atoms with Crippen LogP contribution in [0.25, 0.3) is 0 Å². The summed E-state index contributed by atoms with van der Waals surface area (Å²) in [7, 11) is 0. The first-order valence-electron chi connectivity index (χ1n) is 3.69. The van der Waals surface area contributed by atoms with Crippen molar-refractivity contribution in [3.05, 3.63) is 25.3 Å².